The number of pyridine rings is 2. The van der Waals surface area contributed by atoms with Crippen LogP contribution in [0, 0.1) is 12.4 Å². The minimum absolute atomic E-state index is 0. The average Bonchev–Trinajstić information content (AvgIpc) is 3.44. The van der Waals surface area contributed by atoms with E-state index in [1.54, 1.807) is 0 Å². The second-order valence-electron chi connectivity index (χ2n) is 6.47. The Hall–Kier alpha value is -3.15. The molecule has 0 radical (unpaired) electrons. The van der Waals surface area contributed by atoms with Crippen LogP contribution in [0.1, 0.15) is 22.8 Å². The monoisotopic (exact) mass is 667 g/mol. The third-order valence-corrected chi connectivity index (χ3v) is 4.19. The molecule has 0 atom stereocenters. The summed E-state index contributed by atoms with van der Waals surface area (Å²) in [6.45, 7) is 0. The molecule has 180 valence electrons. The number of rotatable bonds is 4. The van der Waals surface area contributed by atoms with Crippen LogP contribution in [0.2, 0.25) is 0 Å². The van der Waals surface area contributed by atoms with Gasteiger partial charge in [-0.15, -0.1) is 12.1 Å². The number of aromatic nitrogens is 6. The van der Waals surface area contributed by atoms with Crippen LogP contribution in [0.4, 0.5) is 35.1 Å². The van der Waals surface area contributed by atoms with Crippen LogP contribution in [0.15, 0.2) is 48.5 Å². The van der Waals surface area contributed by atoms with Gasteiger partial charge in [0.2, 0.25) is 0 Å². The van der Waals surface area contributed by atoms with Gasteiger partial charge in [-0.25, -0.2) is 0 Å². The van der Waals surface area contributed by atoms with Gasteiger partial charge in [-0.05, 0) is 12.1 Å². The normalized spacial score (nSPS) is 12.5. The quantitative estimate of drug-likeness (QED) is 0.236. The predicted octanol–water partition coefficient (Wildman–Crippen LogP) is 4.62. The summed E-state index contributed by atoms with van der Waals surface area (Å²) in [5.74, 6) is -4.60. The first kappa shape index (κ1) is 25.5. The molecule has 0 spiro atoms. The fraction of sp³-hybridized carbons (Fsp3) is 0.158. The van der Waals surface area contributed by atoms with Gasteiger partial charge in [0.25, 0.3) is 0 Å². The first-order chi connectivity index (χ1) is 15.4. The Morgan fingerprint density at radius 3 is 1.29 bits per heavy atom. The Morgan fingerprint density at radius 2 is 0.971 bits per heavy atom. The van der Waals surface area contributed by atoms with E-state index in [0.29, 0.717) is 21.5 Å². The zero-order valence-corrected chi connectivity index (χ0v) is 18.4. The van der Waals surface area contributed by atoms with E-state index in [0.717, 1.165) is 36.4 Å². The van der Waals surface area contributed by atoms with Crippen molar-refractivity contribution in [2.75, 3.05) is 0 Å². The molecule has 0 N–H and O–H groups in total. The second-order valence-corrected chi connectivity index (χ2v) is 6.47. The molecule has 4 heterocycles. The summed E-state index contributed by atoms with van der Waals surface area (Å²) in [4.78, 5) is 7.32. The molecular weight excluding hydrogens is 659 g/mol. The van der Waals surface area contributed by atoms with Gasteiger partial charge in [0.1, 0.15) is 11.4 Å². The average molecular weight is 667 g/mol. The Kier molecular flexibility index (Phi) is 6.66. The molecule has 0 aliphatic heterocycles. The molecule has 0 aromatic carbocycles. The van der Waals surface area contributed by atoms with Crippen molar-refractivity contribution in [2.24, 2.45) is 0 Å². The number of hydrogen-bond acceptors (Lipinski definition) is 4. The fourth-order valence-corrected chi connectivity index (χ4v) is 2.65. The Bertz CT molecular complexity index is 1200. The zero-order chi connectivity index (χ0) is 24.0. The molecule has 0 saturated heterocycles. The molecule has 4 aromatic heterocycles. The standard InChI is InChI=1S/C19H8F8N6.Pt/c20-17(21,11-3-1-5-15(28-11)32-9-7-13(30-32)18(22,23)24)12-4-2-6-16(29-12)33-10-8-14(31-33)19(25,26)27;/h1-8H;/q-2;+2. The van der Waals surface area contributed by atoms with Crippen LogP contribution >= 0.6 is 0 Å². The van der Waals surface area contributed by atoms with Crippen molar-refractivity contribution < 1.29 is 56.2 Å². The first-order valence-corrected chi connectivity index (χ1v) is 8.79. The maximum Gasteiger partial charge on any atom is 2.00 e. The third kappa shape index (κ3) is 5.01. The third-order valence-electron chi connectivity index (χ3n) is 4.19. The van der Waals surface area contributed by atoms with Crippen molar-refractivity contribution in [3.8, 4) is 11.6 Å². The molecule has 4 aromatic rings. The molecule has 34 heavy (non-hydrogen) atoms. The summed E-state index contributed by atoms with van der Waals surface area (Å²) >= 11 is 0. The Labute approximate surface area is 199 Å². The van der Waals surface area contributed by atoms with Crippen molar-refractivity contribution in [2.45, 2.75) is 18.3 Å². The van der Waals surface area contributed by atoms with Gasteiger partial charge in [0.15, 0.2) is 0 Å². The number of hydrogen-bond donors (Lipinski definition) is 0. The molecular formula is C19H8F8N6Pt. The van der Waals surface area contributed by atoms with Gasteiger partial charge in [-0.3, -0.25) is 20.2 Å². The van der Waals surface area contributed by atoms with Crippen molar-refractivity contribution in [1.29, 1.82) is 0 Å². The van der Waals surface area contributed by atoms with E-state index >= 15 is 8.78 Å². The van der Waals surface area contributed by atoms with Crippen LogP contribution in [0.25, 0.3) is 11.6 Å². The minimum Gasteiger partial charge on any atom is -0.343 e. The summed E-state index contributed by atoms with van der Waals surface area (Å²) in [6, 6.07) is 7.42. The zero-order valence-electron chi connectivity index (χ0n) is 16.1. The minimum atomic E-state index is -4.76. The van der Waals surface area contributed by atoms with Gasteiger partial charge >= 0.3 is 39.3 Å². The summed E-state index contributed by atoms with van der Waals surface area (Å²) in [5, 5.41) is 6.46. The molecule has 0 amide bonds. The maximum atomic E-state index is 15.1. The van der Waals surface area contributed by atoms with Crippen LogP contribution in [-0.4, -0.2) is 29.5 Å². The molecule has 0 saturated carbocycles. The van der Waals surface area contributed by atoms with Crippen LogP contribution < -0.4 is 0 Å². The molecule has 0 unspecified atom stereocenters. The van der Waals surface area contributed by atoms with Crippen LogP contribution in [0.5, 0.6) is 0 Å². The summed E-state index contributed by atoms with van der Waals surface area (Å²) in [6.07, 6.45) is -5.23. The van der Waals surface area contributed by atoms with Crippen molar-refractivity contribution in [3.63, 3.8) is 0 Å². The van der Waals surface area contributed by atoms with Gasteiger partial charge in [-0.2, -0.15) is 35.1 Å². The van der Waals surface area contributed by atoms with Gasteiger partial charge in [0, 0.05) is 0 Å². The van der Waals surface area contributed by atoms with Crippen LogP contribution in [0.3, 0.4) is 0 Å². The van der Waals surface area contributed by atoms with Crippen molar-refractivity contribution in [3.05, 3.63) is 83.7 Å². The van der Waals surface area contributed by atoms with Gasteiger partial charge in [0.05, 0.1) is 23.0 Å². The summed E-state index contributed by atoms with van der Waals surface area (Å²) in [5.41, 5.74) is -4.35. The molecule has 4 rings (SSSR count). The van der Waals surface area contributed by atoms with E-state index in [4.69, 9.17) is 0 Å². The summed E-state index contributed by atoms with van der Waals surface area (Å²) < 4.78 is 108. The Morgan fingerprint density at radius 1 is 0.588 bits per heavy atom. The molecule has 0 aliphatic carbocycles. The van der Waals surface area contributed by atoms with Crippen LogP contribution in [-0.2, 0) is 39.3 Å². The number of halogens is 8. The van der Waals surface area contributed by atoms with Gasteiger partial charge < -0.3 is 9.36 Å². The van der Waals surface area contributed by atoms with Gasteiger partial charge in [-0.1, -0.05) is 36.7 Å². The van der Waals surface area contributed by atoms with E-state index in [1.165, 1.54) is 0 Å². The smallest absolute Gasteiger partial charge is 0.343 e. The topological polar surface area (TPSA) is 61.4 Å². The maximum absolute atomic E-state index is 15.1. The first-order valence-electron chi connectivity index (χ1n) is 8.79. The number of alkyl halides is 8. The SMILES string of the molecule is FC(F)(F)c1c[c-]n(-c2cccc(C(F)(F)c3cccc(-n4[c-]cc(C(F)(F)F)n4)n3)n2)n1.[Pt+2]. The predicted molar refractivity (Wildman–Crippen MR) is 93.4 cm³/mol. The molecule has 0 fully saturated rings. The van der Waals surface area contributed by atoms with E-state index in [-0.39, 0.29) is 32.7 Å². The van der Waals surface area contributed by atoms with E-state index in [2.05, 4.69) is 32.6 Å². The van der Waals surface area contributed by atoms with E-state index < -0.39 is 41.1 Å². The van der Waals surface area contributed by atoms with Crippen molar-refractivity contribution in [1.82, 2.24) is 29.5 Å². The second kappa shape index (κ2) is 8.89. The van der Waals surface area contributed by atoms with E-state index in [1.807, 2.05) is 0 Å². The molecule has 0 aliphatic rings. The molecule has 0 bridgehead atoms. The Balaban J connectivity index is 0.00000324. The van der Waals surface area contributed by atoms with Crippen molar-refractivity contribution >= 4 is 0 Å². The fourth-order valence-electron chi connectivity index (χ4n) is 2.65. The molecule has 6 nitrogen and oxygen atoms in total. The largest absolute Gasteiger partial charge is 2.00 e. The molecule has 15 heteroatoms. The van der Waals surface area contributed by atoms with E-state index in [9.17, 15) is 26.3 Å². The summed E-state index contributed by atoms with van der Waals surface area (Å²) in [7, 11) is 0. The number of nitrogens with zero attached hydrogens (tertiary/aromatic N) is 6.